The van der Waals surface area contributed by atoms with E-state index in [1.807, 2.05) is 23.7 Å². The van der Waals surface area contributed by atoms with Gasteiger partial charge in [-0.2, -0.15) is 11.8 Å². The number of rotatable bonds is 7. The van der Waals surface area contributed by atoms with Gasteiger partial charge in [0, 0.05) is 23.6 Å². The normalized spacial score (nSPS) is 29.3. The molecule has 8 heteroatoms. The van der Waals surface area contributed by atoms with E-state index in [2.05, 4.69) is 0 Å². The molecule has 0 saturated carbocycles. The highest BCUT2D eigenvalue weighted by molar-refractivity contribution is 7.98. The number of ether oxygens (including phenoxy) is 1. The molecule has 6 nitrogen and oxygen atoms in total. The SMILES string of the molecule is CCOC(=O)[C@]1(CCSC)[NH2+][C@@H](c2ccc(Cl)cc2)[C@H]2C(=O)N(CC)C(=O)[C@H]21. The van der Waals surface area contributed by atoms with Gasteiger partial charge in [-0.3, -0.25) is 14.5 Å². The molecule has 2 N–H and O–H groups in total. The Morgan fingerprint density at radius 1 is 1.25 bits per heavy atom. The smallest absolute Gasteiger partial charge is 0.368 e. The van der Waals surface area contributed by atoms with Crippen LogP contribution in [0.4, 0.5) is 0 Å². The number of hydrogen-bond acceptors (Lipinski definition) is 5. The maximum atomic E-state index is 13.2. The lowest BCUT2D eigenvalue weighted by molar-refractivity contribution is -0.734. The fraction of sp³-hybridized carbons (Fsp3) is 0.550. The van der Waals surface area contributed by atoms with E-state index in [9.17, 15) is 14.4 Å². The number of quaternary nitrogens is 1. The van der Waals surface area contributed by atoms with E-state index in [1.54, 1.807) is 37.7 Å². The molecule has 1 aromatic carbocycles. The lowest BCUT2D eigenvalue weighted by atomic mass is 9.78. The average molecular weight is 426 g/mol. The van der Waals surface area contributed by atoms with E-state index in [0.717, 1.165) is 5.56 Å². The lowest BCUT2D eigenvalue weighted by Gasteiger charge is -2.29. The van der Waals surface area contributed by atoms with Crippen molar-refractivity contribution in [2.75, 3.05) is 25.2 Å². The van der Waals surface area contributed by atoms with Gasteiger partial charge in [0.15, 0.2) is 0 Å². The molecule has 0 aliphatic carbocycles. The highest BCUT2D eigenvalue weighted by Crippen LogP contribution is 2.46. The average Bonchev–Trinajstić information content (AvgIpc) is 3.15. The number of benzene rings is 1. The molecule has 2 aliphatic heterocycles. The monoisotopic (exact) mass is 425 g/mol. The van der Waals surface area contributed by atoms with Crippen LogP contribution in [-0.4, -0.2) is 53.4 Å². The lowest BCUT2D eigenvalue weighted by Crippen LogP contribution is -2.98. The maximum Gasteiger partial charge on any atom is 0.368 e. The third kappa shape index (κ3) is 3.33. The number of hydrogen-bond donors (Lipinski definition) is 1. The first-order valence-electron chi connectivity index (χ1n) is 9.54. The summed E-state index contributed by atoms with van der Waals surface area (Å²) in [4.78, 5) is 40.7. The Hall–Kier alpha value is -1.57. The fourth-order valence-corrected chi connectivity index (χ4v) is 5.22. The predicted molar refractivity (Wildman–Crippen MR) is 108 cm³/mol. The molecule has 2 heterocycles. The molecule has 0 spiro atoms. The van der Waals surface area contributed by atoms with Crippen LogP contribution in [-0.2, 0) is 19.1 Å². The molecule has 4 atom stereocenters. The van der Waals surface area contributed by atoms with Crippen molar-refractivity contribution in [3.05, 3.63) is 34.9 Å². The van der Waals surface area contributed by atoms with Gasteiger partial charge in [-0.05, 0) is 38.0 Å². The fourth-order valence-electron chi connectivity index (χ4n) is 4.55. The zero-order chi connectivity index (χ0) is 20.5. The number of fused-ring (bicyclic) bond motifs is 1. The van der Waals surface area contributed by atoms with E-state index in [-0.39, 0.29) is 24.5 Å². The molecule has 2 amide bonds. The Balaban J connectivity index is 2.11. The second-order valence-electron chi connectivity index (χ2n) is 7.17. The van der Waals surface area contributed by atoms with Crippen LogP contribution < -0.4 is 5.32 Å². The quantitative estimate of drug-likeness (QED) is 0.530. The van der Waals surface area contributed by atoms with Gasteiger partial charge in [0.25, 0.3) is 0 Å². The Bertz CT molecular complexity index is 772. The third-order valence-corrected chi connectivity index (χ3v) is 6.67. The standard InChI is InChI=1S/C20H25ClN2O4S/c1-4-23-17(24)14-15(18(23)25)20(10-11-28-3,19(26)27-5-2)22-16(14)12-6-8-13(21)9-7-12/h6-9,14-16,22H,4-5,10-11H2,1-3H3/p+1/t14-,15-,16-,20+/m0/s1. The molecular formula is C20H26ClN2O4S+. The van der Waals surface area contributed by atoms with Gasteiger partial charge < -0.3 is 10.1 Å². The second-order valence-corrected chi connectivity index (χ2v) is 8.59. The van der Waals surface area contributed by atoms with Gasteiger partial charge >= 0.3 is 5.97 Å². The first-order chi connectivity index (χ1) is 13.4. The number of esters is 1. The molecule has 28 heavy (non-hydrogen) atoms. The summed E-state index contributed by atoms with van der Waals surface area (Å²) in [6.45, 7) is 4.07. The van der Waals surface area contributed by atoms with Crippen molar-refractivity contribution in [3.63, 3.8) is 0 Å². The number of nitrogens with zero attached hydrogens (tertiary/aromatic N) is 1. The van der Waals surface area contributed by atoms with Crippen molar-refractivity contribution in [2.24, 2.45) is 11.8 Å². The number of thioether (sulfide) groups is 1. The van der Waals surface area contributed by atoms with Crippen molar-refractivity contribution in [2.45, 2.75) is 31.8 Å². The molecule has 0 bridgehead atoms. The summed E-state index contributed by atoms with van der Waals surface area (Å²) in [7, 11) is 0. The van der Waals surface area contributed by atoms with Crippen molar-refractivity contribution in [1.29, 1.82) is 0 Å². The number of imide groups is 1. The Morgan fingerprint density at radius 2 is 1.93 bits per heavy atom. The third-order valence-electron chi connectivity index (χ3n) is 5.81. The Labute approximate surface area is 174 Å². The van der Waals surface area contributed by atoms with Crippen LogP contribution in [0.5, 0.6) is 0 Å². The minimum absolute atomic E-state index is 0.205. The van der Waals surface area contributed by atoms with Crippen LogP contribution in [0.25, 0.3) is 0 Å². The van der Waals surface area contributed by atoms with Crippen LogP contribution >= 0.6 is 23.4 Å². The van der Waals surface area contributed by atoms with Crippen LogP contribution in [0.2, 0.25) is 5.02 Å². The topological polar surface area (TPSA) is 80.3 Å². The summed E-state index contributed by atoms with van der Waals surface area (Å²) in [6, 6.07) is 6.93. The molecule has 0 aromatic heterocycles. The second kappa shape index (κ2) is 8.43. The highest BCUT2D eigenvalue weighted by Gasteiger charge is 2.72. The zero-order valence-electron chi connectivity index (χ0n) is 16.3. The van der Waals surface area contributed by atoms with Crippen LogP contribution in [0.15, 0.2) is 24.3 Å². The summed E-state index contributed by atoms with van der Waals surface area (Å²) < 4.78 is 5.41. The van der Waals surface area contributed by atoms with Crippen LogP contribution in [0, 0.1) is 11.8 Å². The molecule has 3 rings (SSSR count). The van der Waals surface area contributed by atoms with Gasteiger partial charge in [0.05, 0.1) is 6.61 Å². The molecule has 2 fully saturated rings. The van der Waals surface area contributed by atoms with Crippen LogP contribution in [0.3, 0.4) is 0 Å². The largest absolute Gasteiger partial charge is 0.461 e. The van der Waals surface area contributed by atoms with Gasteiger partial charge in [0.1, 0.15) is 17.9 Å². The van der Waals surface area contributed by atoms with Crippen molar-refractivity contribution in [3.8, 4) is 0 Å². The number of halogens is 1. The van der Waals surface area contributed by atoms with Gasteiger partial charge in [-0.1, -0.05) is 23.7 Å². The summed E-state index contributed by atoms with van der Waals surface area (Å²) in [6.07, 6.45) is 2.43. The van der Waals surface area contributed by atoms with E-state index < -0.39 is 23.3 Å². The molecule has 2 aliphatic rings. The minimum Gasteiger partial charge on any atom is -0.461 e. The number of carbonyl (C=O) groups excluding carboxylic acids is 3. The van der Waals surface area contributed by atoms with E-state index in [4.69, 9.17) is 16.3 Å². The summed E-state index contributed by atoms with van der Waals surface area (Å²) in [5.74, 6) is -1.48. The molecule has 1 aromatic rings. The molecule has 0 unspecified atom stereocenters. The number of carbonyl (C=O) groups is 3. The molecule has 0 radical (unpaired) electrons. The maximum absolute atomic E-state index is 13.2. The Kier molecular flexibility index (Phi) is 6.37. The van der Waals surface area contributed by atoms with E-state index in [1.165, 1.54) is 4.90 Å². The molecule has 152 valence electrons. The number of amides is 2. The number of likely N-dealkylation sites (tertiary alicyclic amines) is 1. The van der Waals surface area contributed by atoms with Gasteiger partial charge in [-0.15, -0.1) is 0 Å². The van der Waals surface area contributed by atoms with Gasteiger partial charge in [-0.25, -0.2) is 4.79 Å². The van der Waals surface area contributed by atoms with Gasteiger partial charge in [0.2, 0.25) is 17.4 Å². The van der Waals surface area contributed by atoms with Crippen molar-refractivity contribution < 1.29 is 24.4 Å². The van der Waals surface area contributed by atoms with E-state index in [0.29, 0.717) is 23.7 Å². The highest BCUT2D eigenvalue weighted by atomic mass is 35.5. The number of nitrogens with two attached hydrogens (primary N) is 1. The molecule has 2 saturated heterocycles. The first kappa shape index (κ1) is 21.1. The summed E-state index contributed by atoms with van der Waals surface area (Å²) >= 11 is 7.64. The first-order valence-corrected chi connectivity index (χ1v) is 11.3. The van der Waals surface area contributed by atoms with E-state index >= 15 is 0 Å². The summed E-state index contributed by atoms with van der Waals surface area (Å²) in [5, 5.41) is 2.50. The molecular weight excluding hydrogens is 400 g/mol. The van der Waals surface area contributed by atoms with Crippen LogP contribution in [0.1, 0.15) is 31.9 Å². The van der Waals surface area contributed by atoms with Crippen molar-refractivity contribution >= 4 is 41.1 Å². The summed E-state index contributed by atoms with van der Waals surface area (Å²) in [5.41, 5.74) is -0.209. The zero-order valence-corrected chi connectivity index (χ0v) is 17.9. The minimum atomic E-state index is -1.09. The Morgan fingerprint density at radius 3 is 2.50 bits per heavy atom. The predicted octanol–water partition coefficient (Wildman–Crippen LogP) is 1.63. The van der Waals surface area contributed by atoms with Crippen molar-refractivity contribution in [1.82, 2.24) is 4.90 Å².